The highest BCUT2D eigenvalue weighted by Crippen LogP contribution is 2.32. The molecule has 1 saturated heterocycles. The summed E-state index contributed by atoms with van der Waals surface area (Å²) in [6.07, 6.45) is 6.27. The molecule has 28 heavy (non-hydrogen) atoms. The van der Waals surface area contributed by atoms with Crippen molar-refractivity contribution in [3.8, 4) is 0 Å². The van der Waals surface area contributed by atoms with Gasteiger partial charge >= 0.3 is 0 Å². The number of ether oxygens (including phenoxy) is 1. The second-order valence-corrected chi connectivity index (χ2v) is 6.54. The van der Waals surface area contributed by atoms with Gasteiger partial charge < -0.3 is 25.4 Å². The van der Waals surface area contributed by atoms with E-state index < -0.39 is 31.1 Å². The van der Waals surface area contributed by atoms with Crippen molar-refractivity contribution in [2.45, 2.75) is 44.4 Å². The molecule has 0 radical (unpaired) electrons. The Hall–Kier alpha value is -2.59. The molecule has 0 aromatic carbocycles. The van der Waals surface area contributed by atoms with E-state index in [1.165, 1.54) is 17.2 Å². The van der Waals surface area contributed by atoms with Gasteiger partial charge in [-0.25, -0.2) is 15.0 Å². The molecular formula is C19H25N5O4. The van der Waals surface area contributed by atoms with Gasteiger partial charge in [0.2, 0.25) is 0 Å². The number of hydrogen-bond donors (Lipinski definition) is 4. The zero-order valence-electron chi connectivity index (χ0n) is 15.8. The molecule has 4 N–H and O–H groups in total. The standard InChI is InChI=1S/C19H25N5O4/c1-4-6-7-12(5-2)11(3)23-17-14-18(21-9-20-17)24(10-22-14)19-16(27)15(26)13(8-25)28-19/h4-7,9-11,13,15-16,19,25-27H,2,8H2,1,3H3,(H,20,21,23)/b6-4-,12-7+/t11-,13?,15?,16?,19?/m1/s1. The van der Waals surface area contributed by atoms with Crippen LogP contribution in [0.2, 0.25) is 0 Å². The molecule has 0 amide bonds. The second kappa shape index (κ2) is 8.61. The summed E-state index contributed by atoms with van der Waals surface area (Å²) in [4.78, 5) is 12.9. The van der Waals surface area contributed by atoms with Crippen LogP contribution in [0.25, 0.3) is 11.2 Å². The average molecular weight is 387 g/mol. The molecule has 1 aliphatic heterocycles. The Bertz CT molecular complexity index is 894. The van der Waals surface area contributed by atoms with Crippen LogP contribution in [-0.2, 0) is 4.74 Å². The lowest BCUT2D eigenvalue weighted by atomic mass is 10.1. The first-order valence-electron chi connectivity index (χ1n) is 9.03. The molecule has 9 nitrogen and oxygen atoms in total. The van der Waals surface area contributed by atoms with Gasteiger partial charge in [-0.15, -0.1) is 0 Å². The summed E-state index contributed by atoms with van der Waals surface area (Å²) in [5.74, 6) is 0.524. The van der Waals surface area contributed by atoms with Crippen LogP contribution in [-0.4, -0.2) is 65.8 Å². The molecule has 5 atom stereocenters. The molecule has 0 spiro atoms. The Morgan fingerprint density at radius 3 is 2.79 bits per heavy atom. The molecule has 3 heterocycles. The number of hydrogen-bond acceptors (Lipinski definition) is 8. The molecule has 9 heteroatoms. The SMILES string of the molecule is C=C/C(=C\C=C/C)[C@@H](C)Nc1ncnc2c1ncn2C1OC(CO)C(O)C1O. The number of aliphatic hydroxyl groups is 3. The summed E-state index contributed by atoms with van der Waals surface area (Å²) in [7, 11) is 0. The van der Waals surface area contributed by atoms with Gasteiger partial charge in [0.15, 0.2) is 23.2 Å². The average Bonchev–Trinajstić information content (AvgIpc) is 3.24. The van der Waals surface area contributed by atoms with Crippen LogP contribution in [0.3, 0.4) is 0 Å². The van der Waals surface area contributed by atoms with Gasteiger partial charge in [0.05, 0.1) is 12.9 Å². The minimum Gasteiger partial charge on any atom is -0.394 e. The number of rotatable bonds is 7. The third-order valence-corrected chi connectivity index (χ3v) is 4.72. The Labute approximate surface area is 162 Å². The van der Waals surface area contributed by atoms with E-state index in [4.69, 9.17) is 4.74 Å². The van der Waals surface area contributed by atoms with Crippen molar-refractivity contribution in [3.05, 3.63) is 49.1 Å². The van der Waals surface area contributed by atoms with Crippen LogP contribution in [0.1, 0.15) is 20.1 Å². The van der Waals surface area contributed by atoms with Crippen molar-refractivity contribution in [1.29, 1.82) is 0 Å². The Kier molecular flexibility index (Phi) is 6.20. The Morgan fingerprint density at radius 1 is 1.36 bits per heavy atom. The second-order valence-electron chi connectivity index (χ2n) is 6.54. The molecule has 4 unspecified atom stereocenters. The number of nitrogens with zero attached hydrogens (tertiary/aromatic N) is 4. The number of aromatic nitrogens is 4. The zero-order valence-corrected chi connectivity index (χ0v) is 15.8. The monoisotopic (exact) mass is 387 g/mol. The minimum atomic E-state index is -1.21. The van der Waals surface area contributed by atoms with E-state index in [1.54, 1.807) is 6.08 Å². The number of imidazole rings is 1. The fourth-order valence-electron chi connectivity index (χ4n) is 3.14. The molecule has 3 rings (SSSR count). The predicted molar refractivity (Wildman–Crippen MR) is 105 cm³/mol. The topological polar surface area (TPSA) is 126 Å². The zero-order chi connectivity index (χ0) is 20.3. The van der Waals surface area contributed by atoms with E-state index >= 15 is 0 Å². The molecule has 1 aliphatic rings. The lowest BCUT2D eigenvalue weighted by Gasteiger charge is -2.17. The molecule has 0 bridgehead atoms. The Balaban J connectivity index is 1.91. The maximum Gasteiger partial charge on any atom is 0.167 e. The van der Waals surface area contributed by atoms with E-state index in [2.05, 4.69) is 26.8 Å². The van der Waals surface area contributed by atoms with Crippen molar-refractivity contribution >= 4 is 17.0 Å². The summed E-state index contributed by atoms with van der Waals surface area (Å²) < 4.78 is 7.10. The van der Waals surface area contributed by atoms with E-state index in [9.17, 15) is 15.3 Å². The fourth-order valence-corrected chi connectivity index (χ4v) is 3.14. The largest absolute Gasteiger partial charge is 0.394 e. The molecule has 150 valence electrons. The van der Waals surface area contributed by atoms with Crippen LogP contribution < -0.4 is 5.32 Å². The van der Waals surface area contributed by atoms with E-state index in [1.807, 2.05) is 32.1 Å². The molecular weight excluding hydrogens is 362 g/mol. The first-order valence-corrected chi connectivity index (χ1v) is 9.03. The highest BCUT2D eigenvalue weighted by molar-refractivity contribution is 5.83. The van der Waals surface area contributed by atoms with E-state index in [0.717, 1.165) is 5.57 Å². The maximum absolute atomic E-state index is 10.3. The van der Waals surface area contributed by atoms with Crippen molar-refractivity contribution in [3.63, 3.8) is 0 Å². The fraction of sp³-hybridized carbons (Fsp3) is 0.421. The predicted octanol–water partition coefficient (Wildman–Crippen LogP) is 0.927. The highest BCUT2D eigenvalue weighted by Gasteiger charge is 2.44. The van der Waals surface area contributed by atoms with Gasteiger partial charge in [-0.05, 0) is 19.4 Å². The minimum absolute atomic E-state index is 0.0779. The molecule has 0 aliphatic carbocycles. The third-order valence-electron chi connectivity index (χ3n) is 4.72. The first-order chi connectivity index (χ1) is 13.5. The summed E-state index contributed by atoms with van der Waals surface area (Å²) in [5.41, 5.74) is 1.92. The maximum atomic E-state index is 10.3. The number of fused-ring (bicyclic) bond motifs is 1. The van der Waals surface area contributed by atoms with Gasteiger partial charge in [-0.3, -0.25) is 4.57 Å². The molecule has 2 aromatic heterocycles. The lowest BCUT2D eigenvalue weighted by molar-refractivity contribution is -0.0511. The molecule has 1 fully saturated rings. The van der Waals surface area contributed by atoms with Crippen LogP contribution in [0.15, 0.2) is 49.1 Å². The van der Waals surface area contributed by atoms with Crippen LogP contribution in [0.5, 0.6) is 0 Å². The lowest BCUT2D eigenvalue weighted by Crippen LogP contribution is -2.33. The third kappa shape index (κ3) is 3.69. The van der Waals surface area contributed by atoms with Crippen molar-refractivity contribution < 1.29 is 20.1 Å². The summed E-state index contributed by atoms with van der Waals surface area (Å²) in [6, 6.07) is -0.0779. The summed E-state index contributed by atoms with van der Waals surface area (Å²) in [5, 5.41) is 32.9. The first kappa shape index (κ1) is 20.2. The van der Waals surface area contributed by atoms with Crippen LogP contribution in [0.4, 0.5) is 5.82 Å². The van der Waals surface area contributed by atoms with Gasteiger partial charge in [0.1, 0.15) is 24.6 Å². The number of nitrogens with one attached hydrogen (secondary N) is 1. The summed E-state index contributed by atoms with van der Waals surface area (Å²) in [6.45, 7) is 7.36. The highest BCUT2D eigenvalue weighted by atomic mass is 16.6. The van der Waals surface area contributed by atoms with E-state index in [0.29, 0.717) is 17.0 Å². The quantitative estimate of drug-likeness (QED) is 0.517. The molecule has 2 aromatic rings. The smallest absolute Gasteiger partial charge is 0.167 e. The summed E-state index contributed by atoms with van der Waals surface area (Å²) >= 11 is 0. The number of aliphatic hydroxyl groups excluding tert-OH is 3. The molecule has 0 saturated carbocycles. The van der Waals surface area contributed by atoms with Gasteiger partial charge in [-0.2, -0.15) is 0 Å². The van der Waals surface area contributed by atoms with Crippen molar-refractivity contribution in [1.82, 2.24) is 19.5 Å². The Morgan fingerprint density at radius 2 is 2.14 bits per heavy atom. The van der Waals surface area contributed by atoms with Gasteiger partial charge in [0.25, 0.3) is 0 Å². The number of allylic oxidation sites excluding steroid dienone is 3. The number of anilines is 1. The van der Waals surface area contributed by atoms with Gasteiger partial charge in [-0.1, -0.05) is 30.9 Å². The van der Waals surface area contributed by atoms with E-state index in [-0.39, 0.29) is 6.04 Å². The van der Waals surface area contributed by atoms with Crippen molar-refractivity contribution in [2.75, 3.05) is 11.9 Å². The van der Waals surface area contributed by atoms with Crippen molar-refractivity contribution in [2.24, 2.45) is 0 Å². The van der Waals surface area contributed by atoms with Gasteiger partial charge in [0, 0.05) is 6.04 Å². The van der Waals surface area contributed by atoms with Crippen LogP contribution in [0, 0.1) is 0 Å². The van der Waals surface area contributed by atoms with Crippen LogP contribution >= 0.6 is 0 Å². The normalized spacial score (nSPS) is 26.8.